The highest BCUT2D eigenvalue weighted by molar-refractivity contribution is 5.43. The van der Waals surface area contributed by atoms with E-state index in [1.807, 2.05) is 14.1 Å². The molecule has 0 aliphatic carbocycles. The summed E-state index contributed by atoms with van der Waals surface area (Å²) in [5, 5.41) is 19.0. The van der Waals surface area contributed by atoms with Crippen LogP contribution in [0.1, 0.15) is 259 Å². The van der Waals surface area contributed by atoms with E-state index in [9.17, 15) is 0 Å². The van der Waals surface area contributed by atoms with Crippen molar-refractivity contribution in [2.75, 3.05) is 306 Å². The minimum absolute atomic E-state index is 0.00228. The maximum Gasteiger partial charge on any atom is 0.123 e. The molecule has 0 fully saturated rings. The van der Waals surface area contributed by atoms with Crippen LogP contribution in [0.15, 0.2) is 42.5 Å². The molecule has 0 aliphatic heterocycles. The number of aliphatic hydroxyl groups excluding tert-OH is 2. The molecule has 0 bridgehead atoms. The first-order chi connectivity index (χ1) is 60.1. The fraction of sp³-hybridized carbons (Fsp3) is 0.878. The van der Waals surface area contributed by atoms with E-state index in [1.54, 1.807) is 5.06 Å². The molecule has 0 heterocycles. The number of hydrogen-bond acceptors (Lipinski definition) is 25. The van der Waals surface area contributed by atoms with Gasteiger partial charge in [0.15, 0.2) is 0 Å². The summed E-state index contributed by atoms with van der Waals surface area (Å²) in [6.45, 7) is 41.4. The average molecular weight is 1760 g/mol. The van der Waals surface area contributed by atoms with Crippen molar-refractivity contribution in [3.63, 3.8) is 0 Å². The van der Waals surface area contributed by atoms with Gasteiger partial charge in [-0.2, -0.15) is 5.06 Å². The van der Waals surface area contributed by atoms with Gasteiger partial charge in [-0.15, -0.1) is 0 Å². The molecular weight excluding hydrogens is 1570 g/mol. The zero-order valence-electron chi connectivity index (χ0n) is 81.1. The lowest BCUT2D eigenvalue weighted by atomic mass is 9.80. The summed E-state index contributed by atoms with van der Waals surface area (Å²) in [4.78, 5) is 7.64. The van der Waals surface area contributed by atoms with E-state index < -0.39 is 0 Å². The maximum atomic E-state index is 8.59. The van der Waals surface area contributed by atoms with Crippen LogP contribution >= 0.6 is 0 Å². The van der Waals surface area contributed by atoms with Crippen LogP contribution in [0.5, 0.6) is 11.5 Å². The highest BCUT2D eigenvalue weighted by Gasteiger charge is 2.23. The number of benzene rings is 2. The maximum absolute atomic E-state index is 8.59. The second-order valence-corrected chi connectivity index (χ2v) is 33.1. The molecule has 0 atom stereocenters. The number of hydrogen-bond donors (Lipinski definition) is 2. The van der Waals surface area contributed by atoms with E-state index in [0.717, 1.165) is 24.5 Å². The lowest BCUT2D eigenvalue weighted by molar-refractivity contribution is -0.120. The molecule has 0 saturated carbocycles. The van der Waals surface area contributed by atoms with Crippen LogP contribution in [0.25, 0.3) is 0 Å². The molecule has 0 amide bonds. The third kappa shape index (κ3) is 98.0. The van der Waals surface area contributed by atoms with Gasteiger partial charge in [-0.3, -0.25) is 4.84 Å². The van der Waals surface area contributed by atoms with Crippen molar-refractivity contribution >= 4 is 0 Å². The van der Waals surface area contributed by atoms with E-state index in [2.05, 4.69) is 124 Å². The zero-order chi connectivity index (χ0) is 90.0. The van der Waals surface area contributed by atoms with Crippen molar-refractivity contribution in [1.82, 2.24) is 9.96 Å². The lowest BCUT2D eigenvalue weighted by Gasteiger charge is -2.27. The highest BCUT2D eigenvalue weighted by Crippen LogP contribution is 2.35. The second-order valence-electron chi connectivity index (χ2n) is 33.1. The predicted octanol–water partition coefficient (Wildman–Crippen LogP) is 17.6. The smallest absolute Gasteiger partial charge is 0.123 e. The van der Waals surface area contributed by atoms with Gasteiger partial charge in [-0.1, -0.05) is 247 Å². The summed E-state index contributed by atoms with van der Waals surface area (Å²) in [6.07, 6.45) is 40.2. The molecule has 0 aliphatic rings. The van der Waals surface area contributed by atoms with Crippen LogP contribution in [-0.2, 0) is 107 Å². The van der Waals surface area contributed by atoms with Crippen molar-refractivity contribution in [3.8, 4) is 11.5 Å². The number of unbranched alkanes of at least 4 members (excludes halogenated alkanes) is 25. The van der Waals surface area contributed by atoms with E-state index in [0.29, 0.717) is 251 Å². The van der Waals surface area contributed by atoms with Crippen molar-refractivity contribution in [1.29, 1.82) is 0 Å². The van der Waals surface area contributed by atoms with Crippen LogP contribution in [0.3, 0.4) is 0 Å². The number of rotatable bonds is 92. The first kappa shape index (κ1) is 122. The van der Waals surface area contributed by atoms with Crippen LogP contribution in [0.2, 0.25) is 0 Å². The van der Waals surface area contributed by atoms with Gasteiger partial charge in [0.1, 0.15) is 24.7 Å². The number of ether oxygens (including phenoxy) is 20. The Hall–Kier alpha value is -2.88. The van der Waals surface area contributed by atoms with Crippen LogP contribution in [0.4, 0.5) is 0 Å². The van der Waals surface area contributed by atoms with Gasteiger partial charge in [0.2, 0.25) is 0 Å². The van der Waals surface area contributed by atoms with Gasteiger partial charge in [-0.05, 0) is 92.0 Å². The molecular formula is C98H190N2O23. The molecule has 0 unspecified atom stereocenters. The summed E-state index contributed by atoms with van der Waals surface area (Å²) in [7, 11) is 8.21. The van der Waals surface area contributed by atoms with Crippen molar-refractivity contribution in [2.24, 2.45) is 0 Å². The first-order valence-electron chi connectivity index (χ1n) is 48.1. The fourth-order valence-electron chi connectivity index (χ4n) is 12.0. The highest BCUT2D eigenvalue weighted by atomic mass is 16.7. The Morgan fingerprint density at radius 2 is 0.504 bits per heavy atom. The molecule has 0 saturated heterocycles. The molecule has 2 aromatic rings. The minimum atomic E-state index is -0.00228. The normalized spacial score (nSPS) is 11.7. The van der Waals surface area contributed by atoms with E-state index in [4.69, 9.17) is 110 Å². The molecule has 0 aromatic heterocycles. The monoisotopic (exact) mass is 1760 g/mol. The van der Waals surface area contributed by atoms with Gasteiger partial charge in [0.25, 0.3) is 0 Å². The molecule has 25 nitrogen and oxygen atoms in total. The molecule has 2 aromatic carbocycles. The van der Waals surface area contributed by atoms with Crippen molar-refractivity contribution in [2.45, 2.75) is 259 Å². The quantitative estimate of drug-likeness (QED) is 0.0462. The summed E-state index contributed by atoms with van der Waals surface area (Å²) < 4.78 is 110. The Bertz CT molecular complexity index is 2310. The molecule has 2 rings (SSSR count). The average Bonchev–Trinajstić information content (AvgIpc) is 0.802. The molecule has 2 N–H and O–H groups in total. The molecule has 123 heavy (non-hydrogen) atoms. The van der Waals surface area contributed by atoms with Gasteiger partial charge in [0, 0.05) is 14.1 Å². The third-order valence-corrected chi connectivity index (χ3v) is 19.1. The topological polar surface area (TPSA) is 241 Å². The summed E-state index contributed by atoms with van der Waals surface area (Å²) in [5.74, 6) is 1.81. The number of hydroxylamine groups is 2. The van der Waals surface area contributed by atoms with Gasteiger partial charge < -0.3 is 110 Å². The van der Waals surface area contributed by atoms with Crippen LogP contribution in [-0.4, -0.2) is 326 Å². The lowest BCUT2D eigenvalue weighted by Crippen LogP contribution is -2.19. The minimum Gasteiger partial charge on any atom is -0.491 e. The summed E-state index contributed by atoms with van der Waals surface area (Å²) in [6, 6.07) is 15.0. The van der Waals surface area contributed by atoms with Crippen molar-refractivity contribution < 1.29 is 110 Å². The first-order valence-corrected chi connectivity index (χ1v) is 48.1. The Morgan fingerprint density at radius 3 is 0.764 bits per heavy atom. The SMILES string of the molecule is CC(C)(C)c1ccc(OCCOCCOCCOCCOCCOCCOCCOCCOCCOCCO)c(C(C)(C)C)c1.CCCCCCCCCCCCCON(C)C.CCCCCCCCCCCCN(C)C.CCCCCCCCCc1ccc(OCCOCCOCCOCCOCCOCCOCCOCCOCCOCCO)cc1. The predicted molar refractivity (Wildman–Crippen MR) is 498 cm³/mol. The van der Waals surface area contributed by atoms with E-state index >= 15 is 0 Å². The summed E-state index contributed by atoms with van der Waals surface area (Å²) in [5.41, 5.74) is 4.00. The van der Waals surface area contributed by atoms with Crippen LogP contribution < -0.4 is 9.47 Å². The third-order valence-electron chi connectivity index (χ3n) is 19.1. The largest absolute Gasteiger partial charge is 0.491 e. The molecule has 730 valence electrons. The Balaban J connectivity index is 0. The van der Waals surface area contributed by atoms with E-state index in [-0.39, 0.29) is 24.0 Å². The van der Waals surface area contributed by atoms with Gasteiger partial charge in [-0.25, -0.2) is 0 Å². The standard InChI is InChI=1S/C35H64O11.C34H62O11.C15H33NO.C14H31N/c1-2-3-4-5-6-7-8-9-34-10-12-35(13-11-34)46-33-32-45-31-30-44-29-28-43-27-26-42-25-24-41-23-22-40-21-20-39-19-18-38-17-16-37-15-14-36;1-33(2,3)30-7-8-32(31(29-30)34(4,5)6)45-28-27-44-26-25-43-24-23-42-22-21-41-20-19-40-18-17-39-16-15-38-14-13-37-12-11-36-10-9-35;1-4-5-6-7-8-9-10-11-12-13-14-15-17-16(2)3;1-4-5-6-7-8-9-10-11-12-13-14-15(2)3/h10-13,36H,2-9,14-33H2,1H3;7-8,29,35H,9-28H2,1-6H3;4-15H2,1-3H3;4-14H2,1-3H3. The van der Waals surface area contributed by atoms with Crippen molar-refractivity contribution in [3.05, 3.63) is 59.2 Å². The number of aliphatic hydroxyl groups is 2. The summed E-state index contributed by atoms with van der Waals surface area (Å²) >= 11 is 0. The molecule has 0 radical (unpaired) electrons. The molecule has 0 spiro atoms. The van der Waals surface area contributed by atoms with Gasteiger partial charge in [0.05, 0.1) is 258 Å². The Labute approximate surface area is 751 Å². The molecule has 25 heteroatoms. The van der Waals surface area contributed by atoms with Crippen LogP contribution in [0, 0.1) is 0 Å². The second kappa shape index (κ2) is 99.7. The number of nitrogens with zero attached hydrogens (tertiary/aromatic N) is 2. The Morgan fingerprint density at radius 1 is 0.252 bits per heavy atom. The Kier molecular flexibility index (Phi) is 99.0. The van der Waals surface area contributed by atoms with E-state index in [1.165, 1.54) is 203 Å². The fourth-order valence-corrected chi connectivity index (χ4v) is 12.0. The van der Waals surface area contributed by atoms with Gasteiger partial charge >= 0.3 is 0 Å². The number of aryl methyl sites for hydroxylation is 1. The zero-order valence-corrected chi connectivity index (χ0v) is 81.1.